The minimum absolute atomic E-state index is 0.171. The van der Waals surface area contributed by atoms with Crippen LogP contribution >= 0.6 is 0 Å². The van der Waals surface area contributed by atoms with E-state index in [-0.39, 0.29) is 36.5 Å². The van der Waals surface area contributed by atoms with Crippen molar-refractivity contribution in [3.8, 4) is 5.75 Å². The van der Waals surface area contributed by atoms with Gasteiger partial charge in [-0.3, -0.25) is 9.59 Å². The lowest BCUT2D eigenvalue weighted by molar-refractivity contribution is -0.143. The molecule has 0 atom stereocenters. The number of aromatic nitrogens is 1. The number of carbonyl (C=O) groups is 1. The molecule has 0 N–H and O–H groups in total. The minimum atomic E-state index is -0.485. The highest BCUT2D eigenvalue weighted by Crippen LogP contribution is 2.18. The number of halogens is 1. The van der Waals surface area contributed by atoms with Crippen LogP contribution in [0.4, 0.5) is 4.39 Å². The first-order valence-electron chi connectivity index (χ1n) is 10.9. The number of rotatable bonds is 10. The van der Waals surface area contributed by atoms with Crippen molar-refractivity contribution in [1.29, 1.82) is 0 Å². The molecule has 0 unspecified atom stereocenters. The number of benzene rings is 2. The molecule has 0 bridgehead atoms. The average molecular weight is 450 g/mol. The van der Waals surface area contributed by atoms with Crippen LogP contribution < -0.4 is 10.3 Å². The van der Waals surface area contributed by atoms with Gasteiger partial charge in [-0.1, -0.05) is 54.6 Å². The molecule has 5 nitrogen and oxygen atoms in total. The van der Waals surface area contributed by atoms with Crippen LogP contribution in [0, 0.1) is 5.82 Å². The molecule has 0 amide bonds. The number of methoxy groups -OCH3 is 1. The second-order valence-electron chi connectivity index (χ2n) is 7.55. The van der Waals surface area contributed by atoms with Gasteiger partial charge >= 0.3 is 5.97 Å². The normalized spacial score (nSPS) is 11.0. The molecule has 1 heterocycles. The number of esters is 1. The predicted octanol–water partition coefficient (Wildman–Crippen LogP) is 5.10. The van der Waals surface area contributed by atoms with Crippen LogP contribution in [0.1, 0.15) is 42.0 Å². The molecular weight excluding hydrogens is 421 g/mol. The Kier molecular flexibility index (Phi) is 8.58. The molecule has 0 aliphatic rings. The number of hydrogen-bond donors (Lipinski definition) is 0. The molecule has 33 heavy (non-hydrogen) atoms. The van der Waals surface area contributed by atoms with Crippen molar-refractivity contribution < 1.29 is 18.7 Å². The summed E-state index contributed by atoms with van der Waals surface area (Å²) in [5.74, 6) is -0.103. The van der Waals surface area contributed by atoms with Gasteiger partial charge < -0.3 is 14.0 Å². The lowest BCUT2D eigenvalue weighted by Gasteiger charge is -2.13. The lowest BCUT2D eigenvalue weighted by atomic mass is 10.0. The van der Waals surface area contributed by atoms with Crippen LogP contribution in [-0.4, -0.2) is 24.3 Å². The van der Waals surface area contributed by atoms with Crippen LogP contribution in [-0.2, 0) is 22.5 Å². The summed E-state index contributed by atoms with van der Waals surface area (Å²) in [6.07, 6.45) is 5.49. The highest BCUT2D eigenvalue weighted by atomic mass is 19.1. The van der Waals surface area contributed by atoms with Crippen LogP contribution in [0.25, 0.3) is 12.2 Å². The van der Waals surface area contributed by atoms with E-state index in [1.54, 1.807) is 38.3 Å². The van der Waals surface area contributed by atoms with Gasteiger partial charge in [0.25, 0.3) is 5.56 Å². The molecule has 6 heteroatoms. The first-order valence-corrected chi connectivity index (χ1v) is 10.9. The van der Waals surface area contributed by atoms with Crippen molar-refractivity contribution in [2.45, 2.75) is 32.7 Å². The molecule has 0 saturated heterocycles. The van der Waals surface area contributed by atoms with Crippen molar-refractivity contribution in [2.24, 2.45) is 0 Å². The third-order valence-electron chi connectivity index (χ3n) is 5.24. The molecule has 0 radical (unpaired) electrons. The molecule has 0 spiro atoms. The van der Waals surface area contributed by atoms with Crippen molar-refractivity contribution in [2.75, 3.05) is 13.7 Å². The smallest absolute Gasteiger partial charge is 0.305 e. The first-order chi connectivity index (χ1) is 16.0. The molecule has 2 aromatic carbocycles. The maximum Gasteiger partial charge on any atom is 0.305 e. The molecule has 3 aromatic rings. The highest BCUT2D eigenvalue weighted by Gasteiger charge is 2.15. The second kappa shape index (κ2) is 11.8. The molecule has 1 aromatic heterocycles. The Balaban J connectivity index is 1.93. The van der Waals surface area contributed by atoms with Gasteiger partial charge in [-0.15, -0.1) is 0 Å². The molecule has 0 aliphatic heterocycles. The summed E-state index contributed by atoms with van der Waals surface area (Å²) >= 11 is 0. The Morgan fingerprint density at radius 1 is 1.06 bits per heavy atom. The van der Waals surface area contributed by atoms with E-state index in [9.17, 15) is 9.59 Å². The van der Waals surface area contributed by atoms with E-state index in [0.29, 0.717) is 24.3 Å². The van der Waals surface area contributed by atoms with Gasteiger partial charge in [0.2, 0.25) is 0 Å². The van der Waals surface area contributed by atoms with Crippen molar-refractivity contribution in [3.63, 3.8) is 0 Å². The van der Waals surface area contributed by atoms with E-state index >= 15 is 4.39 Å². The monoisotopic (exact) mass is 449 g/mol. The fraction of sp³-hybridized carbons (Fsp3) is 0.259. The predicted molar refractivity (Wildman–Crippen MR) is 128 cm³/mol. The number of pyridine rings is 1. The van der Waals surface area contributed by atoms with Gasteiger partial charge in [-0.05, 0) is 43.0 Å². The van der Waals surface area contributed by atoms with Crippen LogP contribution in [0.5, 0.6) is 5.75 Å². The Labute approximate surface area is 193 Å². The van der Waals surface area contributed by atoms with Gasteiger partial charge in [0.05, 0.1) is 20.3 Å². The average Bonchev–Trinajstić information content (AvgIpc) is 2.83. The summed E-state index contributed by atoms with van der Waals surface area (Å²) in [6.45, 7) is 2.28. The summed E-state index contributed by atoms with van der Waals surface area (Å²) in [5, 5.41) is 0. The van der Waals surface area contributed by atoms with Gasteiger partial charge in [-0.2, -0.15) is 0 Å². The van der Waals surface area contributed by atoms with E-state index < -0.39 is 5.82 Å². The fourth-order valence-electron chi connectivity index (χ4n) is 3.55. The van der Waals surface area contributed by atoms with E-state index in [2.05, 4.69) is 0 Å². The number of ether oxygens (including phenoxy) is 2. The van der Waals surface area contributed by atoms with Crippen LogP contribution in [0.15, 0.2) is 65.6 Å². The first kappa shape index (κ1) is 24.0. The standard InChI is InChI=1S/C27H28FNO4/c1-3-33-26(30)11-7-10-24-23(17-14-20-8-5-4-6-9-20)25(28)19-29(27(24)31)18-21-12-15-22(32-2)16-13-21/h4-6,8-9,12-17,19H,3,7,10-11,18H2,1-2H3/b17-14+. The summed E-state index contributed by atoms with van der Waals surface area (Å²) in [6, 6.07) is 16.8. The van der Waals surface area contributed by atoms with Gasteiger partial charge in [0, 0.05) is 23.7 Å². The summed E-state index contributed by atoms with van der Waals surface area (Å²) in [7, 11) is 1.58. The molecule has 0 aliphatic carbocycles. The third-order valence-corrected chi connectivity index (χ3v) is 5.24. The van der Waals surface area contributed by atoms with Gasteiger partial charge in [0.1, 0.15) is 11.6 Å². The zero-order valence-electron chi connectivity index (χ0n) is 18.9. The van der Waals surface area contributed by atoms with Crippen LogP contribution in [0.2, 0.25) is 0 Å². The SMILES string of the molecule is CCOC(=O)CCCc1c(/C=C/c2ccccc2)c(F)cn(Cc2ccc(OC)cc2)c1=O. The summed E-state index contributed by atoms with van der Waals surface area (Å²) < 4.78 is 26.7. The molecule has 172 valence electrons. The van der Waals surface area contributed by atoms with E-state index in [1.165, 1.54) is 10.8 Å². The van der Waals surface area contributed by atoms with E-state index in [0.717, 1.165) is 11.1 Å². The van der Waals surface area contributed by atoms with E-state index in [1.807, 2.05) is 42.5 Å². The van der Waals surface area contributed by atoms with E-state index in [4.69, 9.17) is 9.47 Å². The molecule has 3 rings (SSSR count). The third kappa shape index (κ3) is 6.65. The Hall–Kier alpha value is -3.67. The van der Waals surface area contributed by atoms with Crippen molar-refractivity contribution >= 4 is 18.1 Å². The molecule has 0 fully saturated rings. The van der Waals surface area contributed by atoms with Crippen LogP contribution in [0.3, 0.4) is 0 Å². The van der Waals surface area contributed by atoms with Crippen molar-refractivity contribution in [3.05, 3.63) is 99.2 Å². The number of nitrogens with zero attached hydrogens (tertiary/aromatic N) is 1. The zero-order valence-corrected chi connectivity index (χ0v) is 18.9. The maximum atomic E-state index is 15.2. The lowest BCUT2D eigenvalue weighted by Crippen LogP contribution is -2.26. The fourth-order valence-corrected chi connectivity index (χ4v) is 3.55. The minimum Gasteiger partial charge on any atom is -0.497 e. The summed E-state index contributed by atoms with van der Waals surface area (Å²) in [5.41, 5.74) is 2.07. The quantitative estimate of drug-likeness (QED) is 0.404. The van der Waals surface area contributed by atoms with Crippen molar-refractivity contribution in [1.82, 2.24) is 4.57 Å². The second-order valence-corrected chi connectivity index (χ2v) is 7.55. The molecular formula is C27H28FNO4. The Morgan fingerprint density at radius 2 is 1.79 bits per heavy atom. The number of hydrogen-bond acceptors (Lipinski definition) is 4. The molecule has 0 saturated carbocycles. The maximum absolute atomic E-state index is 15.2. The summed E-state index contributed by atoms with van der Waals surface area (Å²) in [4.78, 5) is 25.0. The Morgan fingerprint density at radius 3 is 2.45 bits per heavy atom. The Bertz CT molecular complexity index is 1150. The largest absolute Gasteiger partial charge is 0.497 e. The zero-order chi connectivity index (χ0) is 23.6. The van der Waals surface area contributed by atoms with Gasteiger partial charge in [-0.25, -0.2) is 4.39 Å². The highest BCUT2D eigenvalue weighted by molar-refractivity contribution is 5.71. The van der Waals surface area contributed by atoms with Gasteiger partial charge in [0.15, 0.2) is 0 Å². The topological polar surface area (TPSA) is 57.5 Å². The number of carbonyl (C=O) groups excluding carboxylic acids is 1.